The SMILES string of the molecule is CCCCC[C@H](Cc1ccc(O)c(O[C@H]2CCC[C@H](NC(N)=NCCCC3=CCNC(N)=C3)C2)c1)[C@H]1C[C@@H](OC(C)=O)C[C@@H](c2cc(O)c(O)c(OCCc3cccnc3)c2)O1. The highest BCUT2D eigenvalue weighted by atomic mass is 16.6. The number of aliphatic imine (C=N–C) groups is 1. The lowest BCUT2D eigenvalue weighted by Crippen LogP contribution is -2.44. The molecule has 6 rings (SSSR count). The first-order valence-electron chi connectivity index (χ1n) is 22.4. The minimum Gasteiger partial charge on any atom is -0.504 e. The Morgan fingerprint density at radius 2 is 1.89 bits per heavy atom. The third-order valence-corrected chi connectivity index (χ3v) is 11.9. The number of aromatic hydroxyl groups is 3. The maximum Gasteiger partial charge on any atom is 0.302 e. The number of carbonyl (C=O) groups excluding carboxylic acids is 1. The van der Waals surface area contributed by atoms with Gasteiger partial charge in [-0.1, -0.05) is 44.4 Å². The highest BCUT2D eigenvalue weighted by Gasteiger charge is 2.37. The van der Waals surface area contributed by atoms with Crippen LogP contribution in [0.5, 0.6) is 28.7 Å². The molecule has 1 saturated heterocycles. The zero-order valence-corrected chi connectivity index (χ0v) is 36.3. The maximum atomic E-state index is 12.3. The molecule has 2 fully saturated rings. The molecule has 0 unspecified atom stereocenters. The van der Waals surface area contributed by atoms with Gasteiger partial charge in [0.2, 0.25) is 5.75 Å². The monoisotopic (exact) mass is 854 g/mol. The van der Waals surface area contributed by atoms with Crippen LogP contribution >= 0.6 is 0 Å². The topological polar surface area (TPSA) is 216 Å². The first kappa shape index (κ1) is 45.9. The number of esters is 1. The van der Waals surface area contributed by atoms with E-state index in [9.17, 15) is 20.1 Å². The number of ether oxygens (including phenoxy) is 4. The summed E-state index contributed by atoms with van der Waals surface area (Å²) in [6.07, 6.45) is 17.5. The number of phenolic OH excluding ortho intramolecular Hbond substituents is 3. The van der Waals surface area contributed by atoms with Gasteiger partial charge in [0.25, 0.3) is 0 Å². The van der Waals surface area contributed by atoms with E-state index in [-0.39, 0.29) is 59.7 Å². The summed E-state index contributed by atoms with van der Waals surface area (Å²) in [5.74, 6) is 0.804. The van der Waals surface area contributed by atoms with Gasteiger partial charge < -0.3 is 56.4 Å². The minimum atomic E-state index is -0.543. The molecule has 336 valence electrons. The average molecular weight is 855 g/mol. The van der Waals surface area contributed by atoms with Crippen LogP contribution in [-0.2, 0) is 27.1 Å². The first-order chi connectivity index (χ1) is 30.0. The maximum absolute atomic E-state index is 12.3. The Hall–Kier alpha value is -5.63. The van der Waals surface area contributed by atoms with Crippen molar-refractivity contribution in [3.63, 3.8) is 0 Å². The van der Waals surface area contributed by atoms with E-state index in [0.29, 0.717) is 55.3 Å². The Kier molecular flexibility index (Phi) is 17.0. The van der Waals surface area contributed by atoms with E-state index >= 15 is 0 Å². The summed E-state index contributed by atoms with van der Waals surface area (Å²) < 4.78 is 25.2. The molecule has 0 bridgehead atoms. The summed E-state index contributed by atoms with van der Waals surface area (Å²) in [4.78, 5) is 21.0. The van der Waals surface area contributed by atoms with Crippen LogP contribution in [0.25, 0.3) is 0 Å². The average Bonchev–Trinajstić information content (AvgIpc) is 3.25. The molecule has 2 aromatic carbocycles. The molecule has 0 spiro atoms. The quantitative estimate of drug-likeness (QED) is 0.0199. The number of hydrogen-bond donors (Lipinski definition) is 7. The van der Waals surface area contributed by atoms with Gasteiger partial charge in [-0.2, -0.15) is 0 Å². The van der Waals surface area contributed by atoms with Crippen molar-refractivity contribution in [1.82, 2.24) is 15.6 Å². The number of allylic oxidation sites excluding steroid dienone is 2. The standard InChI is InChI=1S/C48H66N6O8/c1-3-4-5-11-35(42-28-39(60-31(2)55)29-43(62-42)36-25-41(57)47(58)45(26-36)59-21-17-33-10-7-18-51-30-33)22-34-14-15-40(56)44(23-34)61-38-13-6-12-37(27-38)54-48(50)53-19-8-9-32-16-20-52-46(49)24-32/h7,10,14-16,18,23-26,30,35,37-39,42-43,52,56-58H,3-6,8-9,11-13,17,19-22,27-29,49H2,1-2H3,(H3,50,53,54)/t35-,37+,38+,39-,42-,43+/m1/s1. The lowest BCUT2D eigenvalue weighted by atomic mass is 9.83. The molecule has 1 aliphatic carbocycles. The highest BCUT2D eigenvalue weighted by molar-refractivity contribution is 5.78. The second kappa shape index (κ2) is 23.0. The van der Waals surface area contributed by atoms with Crippen LogP contribution in [0.2, 0.25) is 0 Å². The van der Waals surface area contributed by atoms with Crippen molar-refractivity contribution in [2.45, 2.75) is 134 Å². The van der Waals surface area contributed by atoms with Gasteiger partial charge in [-0.25, -0.2) is 0 Å². The third kappa shape index (κ3) is 13.9. The Balaban J connectivity index is 1.11. The number of guanidine groups is 1. The van der Waals surface area contributed by atoms with E-state index in [2.05, 4.69) is 33.6 Å². The third-order valence-electron chi connectivity index (χ3n) is 11.9. The number of nitrogens with one attached hydrogen (secondary N) is 2. The first-order valence-corrected chi connectivity index (χ1v) is 22.4. The zero-order chi connectivity index (χ0) is 43.8. The molecule has 0 amide bonds. The normalized spacial score (nSPS) is 22.1. The fraction of sp³-hybridized carbons (Fsp3) is 0.521. The number of dihydropyridines is 1. The Labute approximate surface area is 365 Å². The fourth-order valence-corrected chi connectivity index (χ4v) is 8.74. The molecular weight excluding hydrogens is 789 g/mol. The summed E-state index contributed by atoms with van der Waals surface area (Å²) in [6.45, 7) is 5.21. The van der Waals surface area contributed by atoms with Gasteiger partial charge in [-0.05, 0) is 110 Å². The van der Waals surface area contributed by atoms with Crippen LogP contribution in [0.1, 0.15) is 114 Å². The van der Waals surface area contributed by atoms with Gasteiger partial charge in [-0.15, -0.1) is 0 Å². The van der Waals surface area contributed by atoms with Crippen molar-refractivity contribution in [2.75, 3.05) is 19.7 Å². The van der Waals surface area contributed by atoms with Crippen molar-refractivity contribution >= 4 is 11.9 Å². The largest absolute Gasteiger partial charge is 0.504 e. The van der Waals surface area contributed by atoms with E-state index in [1.165, 1.54) is 18.6 Å². The Morgan fingerprint density at radius 1 is 1.02 bits per heavy atom. The number of pyridine rings is 1. The predicted molar refractivity (Wildman–Crippen MR) is 239 cm³/mol. The van der Waals surface area contributed by atoms with Gasteiger partial charge in [0.1, 0.15) is 12.2 Å². The van der Waals surface area contributed by atoms with E-state index in [0.717, 1.165) is 81.9 Å². The van der Waals surface area contributed by atoms with E-state index in [1.807, 2.05) is 30.3 Å². The molecule has 62 heavy (non-hydrogen) atoms. The highest BCUT2D eigenvalue weighted by Crippen LogP contribution is 2.44. The van der Waals surface area contributed by atoms with E-state index < -0.39 is 12.2 Å². The zero-order valence-electron chi connectivity index (χ0n) is 36.3. The number of benzene rings is 2. The minimum absolute atomic E-state index is 0.0391. The van der Waals surface area contributed by atoms with Gasteiger partial charge in [-0.3, -0.25) is 14.8 Å². The number of unbranched alkanes of at least 4 members (excludes halogenated alkanes) is 2. The summed E-state index contributed by atoms with van der Waals surface area (Å²) >= 11 is 0. The molecule has 2 aliphatic heterocycles. The number of phenols is 3. The summed E-state index contributed by atoms with van der Waals surface area (Å²) in [5, 5.41) is 39.0. The van der Waals surface area contributed by atoms with Crippen LogP contribution in [0.15, 0.2) is 83.4 Å². The molecule has 3 aromatic rings. The van der Waals surface area contributed by atoms with Gasteiger partial charge in [0.15, 0.2) is 29.0 Å². The van der Waals surface area contributed by atoms with Gasteiger partial charge >= 0.3 is 5.97 Å². The summed E-state index contributed by atoms with van der Waals surface area (Å²) in [5.41, 5.74) is 16.0. The van der Waals surface area contributed by atoms with Crippen LogP contribution < -0.4 is 31.6 Å². The molecule has 14 heteroatoms. The number of carbonyl (C=O) groups is 1. The van der Waals surface area contributed by atoms with Crippen LogP contribution in [0, 0.1) is 5.92 Å². The molecule has 14 nitrogen and oxygen atoms in total. The second-order valence-electron chi connectivity index (χ2n) is 16.9. The predicted octanol–water partition coefficient (Wildman–Crippen LogP) is 7.12. The number of nitrogens with zero attached hydrogens (tertiary/aromatic N) is 2. The lowest BCUT2D eigenvalue weighted by Gasteiger charge is -2.39. The summed E-state index contributed by atoms with van der Waals surface area (Å²) in [6, 6.07) is 12.7. The second-order valence-corrected chi connectivity index (χ2v) is 16.9. The molecule has 0 radical (unpaired) electrons. The number of hydrogen-bond acceptors (Lipinski definition) is 12. The van der Waals surface area contributed by atoms with Crippen molar-refractivity contribution in [1.29, 1.82) is 0 Å². The van der Waals surface area contributed by atoms with Crippen LogP contribution in [0.3, 0.4) is 0 Å². The van der Waals surface area contributed by atoms with Gasteiger partial charge in [0.05, 0.1) is 24.6 Å². The smallest absolute Gasteiger partial charge is 0.302 e. The molecule has 1 aromatic heterocycles. The molecule has 3 aliphatic rings. The number of aromatic nitrogens is 1. The van der Waals surface area contributed by atoms with Crippen LogP contribution in [0.4, 0.5) is 0 Å². The van der Waals surface area contributed by atoms with Crippen molar-refractivity contribution in [3.05, 3.63) is 95.1 Å². The number of rotatable bonds is 20. The van der Waals surface area contributed by atoms with Crippen LogP contribution in [-0.4, -0.2) is 76.3 Å². The van der Waals surface area contributed by atoms with E-state index in [1.54, 1.807) is 24.5 Å². The summed E-state index contributed by atoms with van der Waals surface area (Å²) in [7, 11) is 0. The Morgan fingerprint density at radius 3 is 2.68 bits per heavy atom. The fourth-order valence-electron chi connectivity index (χ4n) is 8.74. The molecule has 1 saturated carbocycles. The molecule has 6 atom stereocenters. The van der Waals surface area contributed by atoms with Crippen molar-refractivity contribution in [2.24, 2.45) is 22.4 Å². The van der Waals surface area contributed by atoms with Crippen molar-refractivity contribution < 1.29 is 39.1 Å². The molecular formula is C48H66N6O8. The lowest BCUT2D eigenvalue weighted by molar-refractivity contribution is -0.165. The van der Waals surface area contributed by atoms with Gasteiger partial charge in [0, 0.05) is 64.1 Å². The van der Waals surface area contributed by atoms with E-state index in [4.69, 9.17) is 30.4 Å². The Bertz CT molecular complexity index is 2010. The molecule has 3 heterocycles. The number of nitrogens with two attached hydrogens (primary N) is 2. The van der Waals surface area contributed by atoms with Crippen molar-refractivity contribution in [3.8, 4) is 28.7 Å². The molecule has 9 N–H and O–H groups in total.